The summed E-state index contributed by atoms with van der Waals surface area (Å²) in [5.41, 5.74) is 1.64. The summed E-state index contributed by atoms with van der Waals surface area (Å²) in [5.74, 6) is 0.712. The Morgan fingerprint density at radius 2 is 2.15 bits per heavy atom. The molecule has 0 atom stereocenters. The Kier molecular flexibility index (Phi) is 3.99. The van der Waals surface area contributed by atoms with Crippen LogP contribution in [-0.2, 0) is 13.6 Å². The van der Waals surface area contributed by atoms with Crippen LogP contribution in [0.15, 0.2) is 24.3 Å². The summed E-state index contributed by atoms with van der Waals surface area (Å²) in [4.78, 5) is 10.5. The Morgan fingerprint density at radius 3 is 2.80 bits per heavy atom. The smallest absolute Gasteiger partial charge is 0.311 e. The van der Waals surface area contributed by atoms with Crippen LogP contribution in [0.2, 0.25) is 0 Å². The van der Waals surface area contributed by atoms with Gasteiger partial charge in [-0.05, 0) is 20.0 Å². The van der Waals surface area contributed by atoms with Crippen LogP contribution in [0.5, 0.6) is 11.6 Å². The van der Waals surface area contributed by atoms with Gasteiger partial charge in [-0.3, -0.25) is 10.1 Å². The van der Waals surface area contributed by atoms with E-state index >= 15 is 0 Å². The van der Waals surface area contributed by atoms with Crippen molar-refractivity contribution in [1.82, 2.24) is 15.1 Å². The molecule has 0 saturated heterocycles. The third-order valence-electron chi connectivity index (χ3n) is 2.91. The first-order valence-electron chi connectivity index (χ1n) is 6.13. The van der Waals surface area contributed by atoms with E-state index in [1.54, 1.807) is 29.9 Å². The molecule has 7 heteroatoms. The molecule has 0 spiro atoms. The Labute approximate surface area is 116 Å². The van der Waals surface area contributed by atoms with Crippen molar-refractivity contribution in [1.29, 1.82) is 0 Å². The summed E-state index contributed by atoms with van der Waals surface area (Å²) in [7, 11) is 3.57. The number of benzene rings is 1. The van der Waals surface area contributed by atoms with Gasteiger partial charge in [-0.1, -0.05) is 12.1 Å². The molecule has 0 radical (unpaired) electrons. The van der Waals surface area contributed by atoms with Crippen LogP contribution in [0.1, 0.15) is 11.3 Å². The van der Waals surface area contributed by atoms with Gasteiger partial charge in [0.2, 0.25) is 11.6 Å². The van der Waals surface area contributed by atoms with Gasteiger partial charge < -0.3 is 10.1 Å². The molecule has 1 aromatic heterocycles. The normalized spacial score (nSPS) is 10.6. The molecule has 0 unspecified atom stereocenters. The van der Waals surface area contributed by atoms with Crippen LogP contribution in [0.3, 0.4) is 0 Å². The summed E-state index contributed by atoms with van der Waals surface area (Å²) in [5, 5.41) is 18.3. The maximum Gasteiger partial charge on any atom is 0.311 e. The minimum absolute atomic E-state index is 0.0678. The van der Waals surface area contributed by atoms with Crippen LogP contribution in [0.4, 0.5) is 5.69 Å². The van der Waals surface area contributed by atoms with Crippen molar-refractivity contribution < 1.29 is 9.66 Å². The van der Waals surface area contributed by atoms with Crippen molar-refractivity contribution in [2.24, 2.45) is 7.05 Å². The van der Waals surface area contributed by atoms with E-state index in [1.807, 2.05) is 14.0 Å². The zero-order valence-electron chi connectivity index (χ0n) is 11.6. The minimum atomic E-state index is -0.462. The number of ether oxygens (including phenoxy) is 1. The number of nitro benzene ring substituents is 1. The van der Waals surface area contributed by atoms with Crippen molar-refractivity contribution in [3.8, 4) is 11.6 Å². The van der Waals surface area contributed by atoms with Gasteiger partial charge in [0.15, 0.2) is 0 Å². The Bertz CT molecular complexity index is 637. The number of hydrogen-bond acceptors (Lipinski definition) is 5. The fourth-order valence-corrected chi connectivity index (χ4v) is 1.99. The maximum absolute atomic E-state index is 11.0. The van der Waals surface area contributed by atoms with Crippen LogP contribution in [0, 0.1) is 17.0 Å². The van der Waals surface area contributed by atoms with Crippen LogP contribution in [-0.4, -0.2) is 21.8 Å². The number of aromatic nitrogens is 2. The lowest BCUT2D eigenvalue weighted by Gasteiger charge is -2.08. The van der Waals surface area contributed by atoms with Crippen LogP contribution in [0.25, 0.3) is 0 Å². The molecule has 0 bridgehead atoms. The molecule has 0 saturated carbocycles. The number of nitrogens with one attached hydrogen (secondary N) is 1. The molecular formula is C13H16N4O3. The highest BCUT2D eigenvalue weighted by atomic mass is 16.6. The standard InChI is InChI=1S/C13H16N4O3/c1-9-10(8-14-2)13(16(3)15-9)20-12-7-5-4-6-11(12)17(18)19/h4-7,14H,8H2,1-3H3. The molecule has 1 heterocycles. The summed E-state index contributed by atoms with van der Waals surface area (Å²) in [6.45, 7) is 2.45. The number of para-hydroxylation sites is 2. The van der Waals surface area contributed by atoms with Gasteiger partial charge in [0, 0.05) is 19.7 Å². The molecule has 2 rings (SSSR count). The van der Waals surface area contributed by atoms with Crippen molar-refractivity contribution in [2.75, 3.05) is 7.05 Å². The van der Waals surface area contributed by atoms with E-state index < -0.39 is 4.92 Å². The lowest BCUT2D eigenvalue weighted by atomic mass is 10.2. The molecule has 0 aliphatic carbocycles. The number of hydrogen-bond donors (Lipinski definition) is 1. The van der Waals surface area contributed by atoms with Gasteiger partial charge in [-0.2, -0.15) is 5.10 Å². The van der Waals surface area contributed by atoms with Crippen molar-refractivity contribution >= 4 is 5.69 Å². The van der Waals surface area contributed by atoms with E-state index in [0.29, 0.717) is 12.4 Å². The fourth-order valence-electron chi connectivity index (χ4n) is 1.99. The van der Waals surface area contributed by atoms with Crippen LogP contribution >= 0.6 is 0 Å². The molecule has 1 N–H and O–H groups in total. The first-order valence-corrected chi connectivity index (χ1v) is 6.13. The molecule has 2 aromatic rings. The second-order valence-electron chi connectivity index (χ2n) is 4.35. The van der Waals surface area contributed by atoms with Crippen molar-refractivity contribution in [3.63, 3.8) is 0 Å². The summed E-state index contributed by atoms with van der Waals surface area (Å²) < 4.78 is 7.31. The van der Waals surface area contributed by atoms with E-state index in [-0.39, 0.29) is 11.4 Å². The highest BCUT2D eigenvalue weighted by molar-refractivity contribution is 5.48. The van der Waals surface area contributed by atoms with E-state index in [2.05, 4.69) is 10.4 Å². The third-order valence-corrected chi connectivity index (χ3v) is 2.91. The second-order valence-corrected chi connectivity index (χ2v) is 4.35. The SMILES string of the molecule is CNCc1c(C)nn(C)c1Oc1ccccc1[N+](=O)[O-]. The summed E-state index contributed by atoms with van der Waals surface area (Å²) >= 11 is 0. The number of aryl methyl sites for hydroxylation is 2. The lowest BCUT2D eigenvalue weighted by Crippen LogP contribution is -2.07. The molecule has 106 valence electrons. The summed E-state index contributed by atoms with van der Waals surface area (Å²) in [6, 6.07) is 6.29. The Hall–Kier alpha value is -2.41. The molecule has 0 amide bonds. The molecule has 1 aromatic carbocycles. The van der Waals surface area contributed by atoms with E-state index in [4.69, 9.17) is 4.74 Å². The molecule has 7 nitrogen and oxygen atoms in total. The summed E-state index contributed by atoms with van der Waals surface area (Å²) in [6.07, 6.45) is 0. The van der Waals surface area contributed by atoms with E-state index in [9.17, 15) is 10.1 Å². The van der Waals surface area contributed by atoms with Gasteiger partial charge in [0.1, 0.15) is 0 Å². The largest absolute Gasteiger partial charge is 0.432 e. The van der Waals surface area contributed by atoms with Crippen molar-refractivity contribution in [2.45, 2.75) is 13.5 Å². The minimum Gasteiger partial charge on any atom is -0.432 e. The number of rotatable bonds is 5. The number of nitrogens with zero attached hydrogens (tertiary/aromatic N) is 3. The predicted molar refractivity (Wildman–Crippen MR) is 73.9 cm³/mol. The van der Waals surface area contributed by atoms with Gasteiger partial charge in [-0.25, -0.2) is 4.68 Å². The zero-order valence-corrected chi connectivity index (χ0v) is 11.6. The predicted octanol–water partition coefficient (Wildman–Crippen LogP) is 2.15. The molecule has 0 fully saturated rings. The first-order chi connectivity index (χ1) is 9.54. The van der Waals surface area contributed by atoms with Crippen LogP contribution < -0.4 is 10.1 Å². The Morgan fingerprint density at radius 1 is 1.45 bits per heavy atom. The van der Waals surface area contributed by atoms with E-state index in [1.165, 1.54) is 6.07 Å². The van der Waals surface area contributed by atoms with Gasteiger partial charge in [0.25, 0.3) is 0 Å². The highest BCUT2D eigenvalue weighted by Crippen LogP contribution is 2.33. The molecule has 20 heavy (non-hydrogen) atoms. The van der Waals surface area contributed by atoms with E-state index in [0.717, 1.165) is 11.3 Å². The fraction of sp³-hybridized carbons (Fsp3) is 0.308. The van der Waals surface area contributed by atoms with Crippen molar-refractivity contribution in [3.05, 3.63) is 45.6 Å². The molecule has 0 aliphatic heterocycles. The molecule has 0 aliphatic rings. The Balaban J connectivity index is 2.42. The highest BCUT2D eigenvalue weighted by Gasteiger charge is 2.20. The monoisotopic (exact) mass is 276 g/mol. The molecular weight excluding hydrogens is 260 g/mol. The lowest BCUT2D eigenvalue weighted by molar-refractivity contribution is -0.385. The zero-order chi connectivity index (χ0) is 14.7. The second kappa shape index (κ2) is 5.70. The van der Waals surface area contributed by atoms with Gasteiger partial charge >= 0.3 is 5.69 Å². The third kappa shape index (κ3) is 2.62. The number of nitro groups is 1. The maximum atomic E-state index is 11.0. The quantitative estimate of drug-likeness (QED) is 0.668. The van der Waals surface area contributed by atoms with Gasteiger partial charge in [-0.15, -0.1) is 0 Å². The average Bonchev–Trinajstić information content (AvgIpc) is 2.66. The topological polar surface area (TPSA) is 82.2 Å². The average molecular weight is 276 g/mol. The first kappa shape index (κ1) is 14.0. The van der Waals surface area contributed by atoms with Gasteiger partial charge in [0.05, 0.1) is 16.2 Å².